The summed E-state index contributed by atoms with van der Waals surface area (Å²) in [7, 11) is -7.88. The SMILES string of the molecule is Cc1cc(Br)ccc1S(=O)(=O)Nc1nc(-c2c(F)cccc2Cl)ns1.Cc1cc(Cl)cc(Cl)c1S(=O)(=O)Nc1nc(-c2c(F)cccc2Cl)ns1. The normalized spacial score (nSPS) is 11.5. The molecule has 0 aliphatic heterocycles. The molecule has 0 fully saturated rings. The molecular weight excluding hydrogens is 896 g/mol. The van der Waals surface area contributed by atoms with Crippen molar-refractivity contribution < 1.29 is 25.6 Å². The molecule has 0 bridgehead atoms. The van der Waals surface area contributed by atoms with Crippen LogP contribution in [0.3, 0.4) is 0 Å². The molecule has 4 aromatic carbocycles. The smallest absolute Gasteiger partial charge is 0.253 e. The van der Waals surface area contributed by atoms with Gasteiger partial charge >= 0.3 is 0 Å². The number of aromatic nitrogens is 4. The average molecular weight is 916 g/mol. The second-order valence-electron chi connectivity index (χ2n) is 10.2. The molecular formula is C30H19BrCl4F2N6O4S4. The zero-order valence-corrected chi connectivity index (χ0v) is 33.4. The molecule has 6 rings (SSSR count). The van der Waals surface area contributed by atoms with Gasteiger partial charge in [-0.2, -0.15) is 18.7 Å². The van der Waals surface area contributed by atoms with Crippen LogP contribution in [0.25, 0.3) is 22.8 Å². The molecule has 0 atom stereocenters. The first kappa shape index (κ1) is 39.2. The monoisotopic (exact) mass is 912 g/mol. The first-order valence-electron chi connectivity index (χ1n) is 13.8. The van der Waals surface area contributed by atoms with Gasteiger partial charge in [0.2, 0.25) is 10.3 Å². The predicted molar refractivity (Wildman–Crippen MR) is 202 cm³/mol. The first-order valence-corrected chi connectivity index (χ1v) is 20.6. The number of halogens is 7. The van der Waals surface area contributed by atoms with Crippen molar-refractivity contribution in [1.29, 1.82) is 0 Å². The second kappa shape index (κ2) is 15.9. The molecule has 0 aliphatic rings. The Kier molecular flexibility index (Phi) is 12.3. The molecule has 2 aromatic heterocycles. The topological polar surface area (TPSA) is 144 Å². The Labute approximate surface area is 327 Å². The van der Waals surface area contributed by atoms with Crippen molar-refractivity contribution in [1.82, 2.24) is 18.7 Å². The Morgan fingerprint density at radius 3 is 1.65 bits per heavy atom. The van der Waals surface area contributed by atoms with Gasteiger partial charge < -0.3 is 0 Å². The maximum Gasteiger partial charge on any atom is 0.265 e. The molecule has 0 radical (unpaired) electrons. The van der Waals surface area contributed by atoms with Crippen LogP contribution in [0.1, 0.15) is 11.1 Å². The van der Waals surface area contributed by atoms with E-state index in [1.165, 1.54) is 54.6 Å². The third-order valence-electron chi connectivity index (χ3n) is 6.56. The van der Waals surface area contributed by atoms with Gasteiger partial charge in [0.15, 0.2) is 11.6 Å². The summed E-state index contributed by atoms with van der Waals surface area (Å²) in [6, 6.07) is 16.0. The number of benzene rings is 4. The number of rotatable bonds is 8. The molecule has 0 saturated heterocycles. The molecule has 21 heteroatoms. The van der Waals surface area contributed by atoms with Crippen LogP contribution in [0, 0.1) is 25.5 Å². The highest BCUT2D eigenvalue weighted by molar-refractivity contribution is 9.10. The number of aryl methyl sites for hydroxylation is 2. The minimum Gasteiger partial charge on any atom is -0.253 e. The number of nitrogens with zero attached hydrogens (tertiary/aromatic N) is 4. The number of nitrogens with one attached hydrogen (secondary N) is 2. The molecule has 0 aliphatic carbocycles. The van der Waals surface area contributed by atoms with Gasteiger partial charge in [-0.25, -0.2) is 25.6 Å². The van der Waals surface area contributed by atoms with Crippen molar-refractivity contribution >= 4 is 116 Å². The summed E-state index contributed by atoms with van der Waals surface area (Å²) in [5.74, 6) is -1.18. The molecule has 266 valence electrons. The van der Waals surface area contributed by atoms with E-state index in [9.17, 15) is 25.6 Å². The zero-order chi connectivity index (χ0) is 37.2. The highest BCUT2D eigenvalue weighted by atomic mass is 79.9. The lowest BCUT2D eigenvalue weighted by Crippen LogP contribution is -2.14. The van der Waals surface area contributed by atoms with Gasteiger partial charge in [-0.15, -0.1) is 0 Å². The molecule has 0 amide bonds. The second-order valence-corrected chi connectivity index (χ2v) is 17.5. The van der Waals surface area contributed by atoms with Crippen LogP contribution in [0.2, 0.25) is 20.1 Å². The van der Waals surface area contributed by atoms with Gasteiger partial charge in [0.25, 0.3) is 20.0 Å². The van der Waals surface area contributed by atoms with Gasteiger partial charge in [0.1, 0.15) is 16.5 Å². The molecule has 0 saturated carbocycles. The summed E-state index contributed by atoms with van der Waals surface area (Å²) in [6.07, 6.45) is 0. The zero-order valence-electron chi connectivity index (χ0n) is 25.6. The third-order valence-corrected chi connectivity index (χ3v) is 12.9. The van der Waals surface area contributed by atoms with Crippen molar-refractivity contribution in [2.45, 2.75) is 23.6 Å². The third kappa shape index (κ3) is 9.15. The molecule has 51 heavy (non-hydrogen) atoms. The summed E-state index contributed by atoms with van der Waals surface area (Å²) in [4.78, 5) is 8.06. The number of anilines is 2. The van der Waals surface area contributed by atoms with Crippen LogP contribution in [0.15, 0.2) is 81.0 Å². The lowest BCUT2D eigenvalue weighted by atomic mass is 10.2. The molecule has 6 aromatic rings. The van der Waals surface area contributed by atoms with Crippen molar-refractivity contribution in [3.8, 4) is 22.8 Å². The van der Waals surface area contributed by atoms with E-state index >= 15 is 0 Å². The van der Waals surface area contributed by atoms with Crippen molar-refractivity contribution in [2.24, 2.45) is 0 Å². The van der Waals surface area contributed by atoms with Crippen LogP contribution >= 0.6 is 85.4 Å². The van der Waals surface area contributed by atoms with Crippen molar-refractivity contribution in [2.75, 3.05) is 9.44 Å². The summed E-state index contributed by atoms with van der Waals surface area (Å²) in [5, 5.41) is 0.536. The first-order chi connectivity index (χ1) is 24.0. The molecule has 0 unspecified atom stereocenters. The Bertz CT molecular complexity index is 2440. The van der Waals surface area contributed by atoms with E-state index in [0.29, 0.717) is 16.1 Å². The maximum absolute atomic E-state index is 14.0. The standard InChI is InChI=1S/C15H10BrClFN3O2S2.C15H9Cl3FN3O2S2/c1-8-7-9(16)5-6-12(8)25(22,23)21-15-19-14(20-24-15)13-10(17)3-2-4-11(13)18;1-7-5-8(16)6-10(18)13(7)26(23,24)22-15-20-14(21-25-15)12-9(17)3-2-4-11(12)19/h2-7H,1H3,(H,19,20,21);2-6H,1H3,(H,20,21,22). The van der Waals surface area contributed by atoms with Crippen molar-refractivity contribution in [3.63, 3.8) is 0 Å². The molecule has 2 N–H and O–H groups in total. The van der Waals surface area contributed by atoms with E-state index in [4.69, 9.17) is 46.4 Å². The predicted octanol–water partition coefficient (Wildman–Crippen LogP) is 10.3. The Morgan fingerprint density at radius 1 is 0.667 bits per heavy atom. The van der Waals surface area contributed by atoms with Crippen LogP contribution in [-0.4, -0.2) is 35.6 Å². The molecule has 0 spiro atoms. The van der Waals surface area contributed by atoms with E-state index < -0.39 is 31.7 Å². The fraction of sp³-hybridized carbons (Fsp3) is 0.0667. The van der Waals surface area contributed by atoms with Gasteiger partial charge in [-0.3, -0.25) is 9.44 Å². The van der Waals surface area contributed by atoms with Crippen LogP contribution in [0.5, 0.6) is 0 Å². The minimum atomic E-state index is -4.04. The molecule has 2 heterocycles. The summed E-state index contributed by atoms with van der Waals surface area (Å²) in [5.41, 5.74) is 0.975. The highest BCUT2D eigenvalue weighted by Gasteiger charge is 2.25. The quantitative estimate of drug-likeness (QED) is 0.154. The van der Waals surface area contributed by atoms with E-state index in [1.54, 1.807) is 26.0 Å². The number of hydrogen-bond donors (Lipinski definition) is 2. The fourth-order valence-corrected chi connectivity index (χ4v) is 10.4. The van der Waals surface area contributed by atoms with Crippen LogP contribution in [-0.2, 0) is 20.0 Å². The summed E-state index contributed by atoms with van der Waals surface area (Å²) in [6.45, 7) is 3.25. The summed E-state index contributed by atoms with van der Waals surface area (Å²) < 4.78 is 91.6. The lowest BCUT2D eigenvalue weighted by Gasteiger charge is -2.10. The Hall–Kier alpha value is -3.00. The van der Waals surface area contributed by atoms with Gasteiger partial charge in [-0.1, -0.05) is 74.5 Å². The average Bonchev–Trinajstić information content (AvgIpc) is 3.65. The maximum atomic E-state index is 14.0. The number of sulfonamides is 2. The van der Waals surface area contributed by atoms with Crippen LogP contribution in [0.4, 0.5) is 19.0 Å². The molecule has 10 nitrogen and oxygen atoms in total. The lowest BCUT2D eigenvalue weighted by molar-refractivity contribution is 0.599. The number of hydrogen-bond acceptors (Lipinski definition) is 10. The highest BCUT2D eigenvalue weighted by Crippen LogP contribution is 2.34. The van der Waals surface area contributed by atoms with Crippen molar-refractivity contribution in [3.05, 3.63) is 114 Å². The van der Waals surface area contributed by atoms with Gasteiger partial charge in [-0.05, 0) is 79.6 Å². The summed E-state index contributed by atoms with van der Waals surface area (Å²) >= 11 is 28.7. The van der Waals surface area contributed by atoms with E-state index in [0.717, 1.165) is 27.5 Å². The minimum absolute atomic E-state index is 0.00318. The van der Waals surface area contributed by atoms with Crippen LogP contribution < -0.4 is 9.44 Å². The van der Waals surface area contributed by atoms with E-state index in [-0.39, 0.29) is 57.9 Å². The largest absolute Gasteiger partial charge is 0.265 e. The van der Waals surface area contributed by atoms with E-state index in [1.807, 2.05) is 0 Å². The fourth-order valence-electron chi connectivity index (χ4n) is 4.44. The van der Waals surface area contributed by atoms with Gasteiger partial charge in [0, 0.05) is 32.6 Å². The Morgan fingerprint density at radius 2 is 1.18 bits per heavy atom. The Balaban J connectivity index is 0.000000198. The van der Waals surface area contributed by atoms with E-state index in [2.05, 4.69) is 44.1 Å². The van der Waals surface area contributed by atoms with Gasteiger partial charge in [0.05, 0.1) is 31.1 Å².